The van der Waals surface area contributed by atoms with E-state index in [1.807, 2.05) is 11.4 Å². The Hall–Kier alpha value is -1.26. The summed E-state index contributed by atoms with van der Waals surface area (Å²) in [6.07, 6.45) is 0. The SMILES string of the molecule is Nc1ccsc1CNc1cc(F)cc(Cl)c1. The van der Waals surface area contributed by atoms with Crippen molar-refractivity contribution in [3.05, 3.63) is 45.4 Å². The molecule has 1 aromatic carbocycles. The Bertz CT molecular complexity index is 478. The first kappa shape index (κ1) is 11.2. The van der Waals surface area contributed by atoms with Gasteiger partial charge >= 0.3 is 0 Å². The molecule has 1 heterocycles. The Morgan fingerprint density at radius 2 is 2.19 bits per heavy atom. The molecule has 0 fully saturated rings. The Labute approximate surface area is 102 Å². The summed E-state index contributed by atoms with van der Waals surface area (Å²) in [6.45, 7) is 0.573. The van der Waals surface area contributed by atoms with Crippen molar-refractivity contribution in [2.75, 3.05) is 11.1 Å². The van der Waals surface area contributed by atoms with Crippen LogP contribution in [0.5, 0.6) is 0 Å². The molecule has 0 atom stereocenters. The summed E-state index contributed by atoms with van der Waals surface area (Å²) >= 11 is 7.30. The zero-order valence-corrected chi connectivity index (χ0v) is 9.91. The second-order valence-electron chi connectivity index (χ2n) is 3.31. The van der Waals surface area contributed by atoms with Gasteiger partial charge in [0.2, 0.25) is 0 Å². The van der Waals surface area contributed by atoms with Crippen LogP contribution in [-0.2, 0) is 6.54 Å². The van der Waals surface area contributed by atoms with Crippen LogP contribution in [-0.4, -0.2) is 0 Å². The highest BCUT2D eigenvalue weighted by atomic mass is 35.5. The minimum atomic E-state index is -0.353. The zero-order chi connectivity index (χ0) is 11.5. The van der Waals surface area contributed by atoms with E-state index >= 15 is 0 Å². The molecule has 5 heteroatoms. The van der Waals surface area contributed by atoms with Crippen molar-refractivity contribution in [1.29, 1.82) is 0 Å². The van der Waals surface area contributed by atoms with E-state index in [9.17, 15) is 4.39 Å². The molecule has 2 nitrogen and oxygen atoms in total. The van der Waals surface area contributed by atoms with Gasteiger partial charge < -0.3 is 11.1 Å². The standard InChI is InChI=1S/C11H10ClFN2S/c12-7-3-8(13)5-9(4-7)15-6-11-10(14)1-2-16-11/h1-5,15H,6,14H2. The second-order valence-corrected chi connectivity index (χ2v) is 4.75. The van der Waals surface area contributed by atoms with Gasteiger partial charge in [0.05, 0.1) is 6.54 Å². The van der Waals surface area contributed by atoms with Gasteiger partial charge in [0, 0.05) is 21.3 Å². The van der Waals surface area contributed by atoms with Gasteiger partial charge in [-0.2, -0.15) is 0 Å². The third-order valence-corrected chi connectivity index (χ3v) is 3.25. The third kappa shape index (κ3) is 2.65. The van der Waals surface area contributed by atoms with Crippen molar-refractivity contribution in [1.82, 2.24) is 0 Å². The van der Waals surface area contributed by atoms with Gasteiger partial charge in [-0.05, 0) is 29.6 Å². The Morgan fingerprint density at radius 1 is 1.38 bits per heavy atom. The lowest BCUT2D eigenvalue weighted by Crippen LogP contribution is -2.00. The highest BCUT2D eigenvalue weighted by Crippen LogP contribution is 2.22. The van der Waals surface area contributed by atoms with E-state index in [1.165, 1.54) is 12.1 Å². The molecule has 16 heavy (non-hydrogen) atoms. The van der Waals surface area contributed by atoms with Gasteiger partial charge in [0.1, 0.15) is 5.82 Å². The van der Waals surface area contributed by atoms with Crippen LogP contribution in [0.15, 0.2) is 29.6 Å². The van der Waals surface area contributed by atoms with Crippen molar-refractivity contribution in [3.8, 4) is 0 Å². The van der Waals surface area contributed by atoms with E-state index in [4.69, 9.17) is 17.3 Å². The van der Waals surface area contributed by atoms with Crippen LogP contribution in [0.25, 0.3) is 0 Å². The number of hydrogen-bond acceptors (Lipinski definition) is 3. The maximum atomic E-state index is 13.0. The molecule has 0 aliphatic carbocycles. The summed E-state index contributed by atoms with van der Waals surface area (Å²) in [7, 11) is 0. The first-order valence-electron chi connectivity index (χ1n) is 4.67. The molecule has 0 unspecified atom stereocenters. The maximum absolute atomic E-state index is 13.0. The summed E-state index contributed by atoms with van der Waals surface area (Å²) in [4.78, 5) is 1.03. The predicted molar refractivity (Wildman–Crippen MR) is 67.5 cm³/mol. The van der Waals surface area contributed by atoms with Gasteiger partial charge in [0.15, 0.2) is 0 Å². The van der Waals surface area contributed by atoms with Crippen LogP contribution in [0, 0.1) is 5.82 Å². The summed E-state index contributed by atoms with van der Waals surface area (Å²) < 4.78 is 13.0. The first-order valence-corrected chi connectivity index (χ1v) is 5.93. The fraction of sp³-hybridized carbons (Fsp3) is 0.0909. The van der Waals surface area contributed by atoms with Gasteiger partial charge in [-0.15, -0.1) is 11.3 Å². The first-order chi connectivity index (χ1) is 7.65. The van der Waals surface area contributed by atoms with Crippen molar-refractivity contribution >= 4 is 34.3 Å². The lowest BCUT2D eigenvalue weighted by Gasteiger charge is -2.06. The largest absolute Gasteiger partial charge is 0.398 e. The van der Waals surface area contributed by atoms with Crippen LogP contribution in [0.4, 0.5) is 15.8 Å². The Morgan fingerprint density at radius 3 is 2.81 bits per heavy atom. The molecule has 0 saturated carbocycles. The Kier molecular flexibility index (Phi) is 3.31. The number of halogens is 2. The molecule has 1 aromatic heterocycles. The van der Waals surface area contributed by atoms with Crippen LogP contribution in [0.3, 0.4) is 0 Å². The molecule has 0 bridgehead atoms. The highest BCUT2D eigenvalue weighted by Gasteiger charge is 2.02. The number of nitrogens with one attached hydrogen (secondary N) is 1. The predicted octanol–water partition coefficient (Wildman–Crippen LogP) is 3.73. The number of hydrogen-bond donors (Lipinski definition) is 2. The average Bonchev–Trinajstić information content (AvgIpc) is 2.59. The number of nitrogens with two attached hydrogens (primary N) is 1. The number of benzene rings is 1. The normalized spacial score (nSPS) is 10.4. The molecule has 2 rings (SSSR count). The van der Waals surface area contributed by atoms with Gasteiger partial charge in [-0.1, -0.05) is 11.6 Å². The van der Waals surface area contributed by atoms with Crippen LogP contribution < -0.4 is 11.1 Å². The minimum Gasteiger partial charge on any atom is -0.398 e. The van der Waals surface area contributed by atoms with E-state index in [0.717, 1.165) is 10.6 Å². The van der Waals surface area contributed by atoms with Crippen LogP contribution >= 0.6 is 22.9 Å². The number of nitrogen functional groups attached to an aromatic ring is 1. The number of thiophene rings is 1. The Balaban J connectivity index is 2.07. The zero-order valence-electron chi connectivity index (χ0n) is 8.34. The average molecular weight is 257 g/mol. The topological polar surface area (TPSA) is 38.0 Å². The molecule has 2 aromatic rings. The second kappa shape index (κ2) is 4.72. The molecule has 84 valence electrons. The van der Waals surface area contributed by atoms with E-state index in [1.54, 1.807) is 17.4 Å². The van der Waals surface area contributed by atoms with Gasteiger partial charge in [-0.25, -0.2) is 4.39 Å². The maximum Gasteiger partial charge on any atom is 0.126 e. The quantitative estimate of drug-likeness (QED) is 0.878. The van der Waals surface area contributed by atoms with Crippen molar-refractivity contribution in [2.45, 2.75) is 6.54 Å². The molecule has 0 saturated heterocycles. The molecule has 0 aliphatic rings. The summed E-state index contributed by atoms with van der Waals surface area (Å²) in [5, 5.41) is 5.37. The number of anilines is 2. The van der Waals surface area contributed by atoms with E-state index < -0.39 is 0 Å². The minimum absolute atomic E-state index is 0.353. The van der Waals surface area contributed by atoms with Crippen molar-refractivity contribution in [2.24, 2.45) is 0 Å². The van der Waals surface area contributed by atoms with Crippen molar-refractivity contribution < 1.29 is 4.39 Å². The fourth-order valence-corrected chi connectivity index (χ4v) is 2.29. The molecule has 0 spiro atoms. The van der Waals surface area contributed by atoms with Crippen LogP contribution in [0.2, 0.25) is 5.02 Å². The highest BCUT2D eigenvalue weighted by molar-refractivity contribution is 7.10. The lowest BCUT2D eigenvalue weighted by atomic mass is 10.3. The molecule has 0 amide bonds. The van der Waals surface area contributed by atoms with Gasteiger partial charge in [-0.3, -0.25) is 0 Å². The fourth-order valence-electron chi connectivity index (χ4n) is 1.33. The van der Waals surface area contributed by atoms with E-state index in [-0.39, 0.29) is 5.82 Å². The molecular formula is C11H10ClFN2S. The van der Waals surface area contributed by atoms with E-state index in [0.29, 0.717) is 17.3 Å². The molecule has 0 aliphatic heterocycles. The van der Waals surface area contributed by atoms with E-state index in [2.05, 4.69) is 5.32 Å². The lowest BCUT2D eigenvalue weighted by molar-refractivity contribution is 0.628. The monoisotopic (exact) mass is 256 g/mol. The van der Waals surface area contributed by atoms with Gasteiger partial charge in [0.25, 0.3) is 0 Å². The summed E-state index contributed by atoms with van der Waals surface area (Å²) in [5.41, 5.74) is 7.14. The summed E-state index contributed by atoms with van der Waals surface area (Å²) in [6, 6.07) is 6.19. The molecular weight excluding hydrogens is 247 g/mol. The number of rotatable bonds is 3. The summed E-state index contributed by atoms with van der Waals surface area (Å²) in [5.74, 6) is -0.353. The van der Waals surface area contributed by atoms with Crippen LogP contribution in [0.1, 0.15) is 4.88 Å². The smallest absolute Gasteiger partial charge is 0.126 e. The molecule has 0 radical (unpaired) electrons. The third-order valence-electron chi connectivity index (χ3n) is 2.10. The molecule has 3 N–H and O–H groups in total. The van der Waals surface area contributed by atoms with Crippen molar-refractivity contribution in [3.63, 3.8) is 0 Å².